The second-order valence-electron chi connectivity index (χ2n) is 2.84. The molecule has 0 radical (unpaired) electrons. The number of pyridine rings is 1. The zero-order valence-electron chi connectivity index (χ0n) is 7.75. The second kappa shape index (κ2) is 4.86. The third kappa shape index (κ3) is 2.64. The first-order valence-electron chi connectivity index (χ1n) is 4.05. The van der Waals surface area contributed by atoms with Crippen molar-refractivity contribution in [1.82, 2.24) is 4.98 Å². The molecule has 0 bridgehead atoms. The Balaban J connectivity index is 3.39. The number of hydrogen-bond donors (Lipinski definition) is 1. The molecule has 0 fully saturated rings. The molecule has 0 saturated heterocycles. The summed E-state index contributed by atoms with van der Waals surface area (Å²) in [6.45, 7) is 0. The Bertz CT molecular complexity index is 471. The van der Waals surface area contributed by atoms with Gasteiger partial charge < -0.3 is 5.11 Å². The smallest absolute Gasteiger partial charge is 0.309 e. The van der Waals surface area contributed by atoms with Crippen molar-refractivity contribution in [2.75, 3.05) is 0 Å². The van der Waals surface area contributed by atoms with E-state index in [1.807, 2.05) is 0 Å². The normalized spacial score (nSPS) is 10.2. The molecule has 0 amide bonds. The minimum Gasteiger partial charge on any atom is -0.481 e. The van der Waals surface area contributed by atoms with Crippen LogP contribution in [-0.2, 0) is 11.2 Å². The van der Waals surface area contributed by atoms with Gasteiger partial charge in [-0.15, -0.1) is 0 Å². The first kappa shape index (κ1) is 12.3. The van der Waals surface area contributed by atoms with Crippen LogP contribution in [-0.4, -0.2) is 16.1 Å². The van der Waals surface area contributed by atoms with Crippen LogP contribution in [0.15, 0.2) is 6.07 Å². The third-order valence-electron chi connectivity index (χ3n) is 1.76. The van der Waals surface area contributed by atoms with E-state index in [-0.39, 0.29) is 16.4 Å². The molecule has 16 heavy (non-hydrogen) atoms. The average Bonchev–Trinajstić information content (AvgIpc) is 2.14. The molecule has 1 aromatic rings. The molecular formula is C9H5ClF2N2O2. The van der Waals surface area contributed by atoms with E-state index in [1.54, 1.807) is 0 Å². The molecule has 1 aromatic heterocycles. The van der Waals surface area contributed by atoms with Crippen LogP contribution in [0, 0.1) is 11.3 Å². The number of nitrogens with zero attached hydrogens (tertiary/aromatic N) is 2. The van der Waals surface area contributed by atoms with E-state index in [0.29, 0.717) is 0 Å². The van der Waals surface area contributed by atoms with Crippen molar-refractivity contribution in [3.8, 4) is 6.07 Å². The van der Waals surface area contributed by atoms with Crippen molar-refractivity contribution in [3.63, 3.8) is 0 Å². The second-order valence-corrected chi connectivity index (χ2v) is 3.22. The van der Waals surface area contributed by atoms with Gasteiger partial charge in [0, 0.05) is 0 Å². The van der Waals surface area contributed by atoms with Gasteiger partial charge in [0.15, 0.2) is 0 Å². The molecule has 0 atom stereocenters. The number of alkyl halides is 2. The predicted octanol–water partition coefficient (Wildman–Crippen LogP) is 2.17. The average molecular weight is 247 g/mol. The minimum atomic E-state index is -2.96. The maximum atomic E-state index is 12.6. The Morgan fingerprint density at radius 1 is 1.69 bits per heavy atom. The van der Waals surface area contributed by atoms with Gasteiger partial charge in [0.25, 0.3) is 6.43 Å². The number of nitriles is 1. The SMILES string of the molecule is N#Cc1cc(Cl)nc(CC(=O)O)c1C(F)F. The third-order valence-corrected chi connectivity index (χ3v) is 1.96. The summed E-state index contributed by atoms with van der Waals surface area (Å²) in [7, 11) is 0. The minimum absolute atomic E-state index is 0.183. The van der Waals surface area contributed by atoms with E-state index in [9.17, 15) is 13.6 Å². The number of rotatable bonds is 3. The van der Waals surface area contributed by atoms with Crippen molar-refractivity contribution in [2.24, 2.45) is 0 Å². The molecule has 4 nitrogen and oxygen atoms in total. The number of aromatic nitrogens is 1. The van der Waals surface area contributed by atoms with Gasteiger partial charge in [0.05, 0.1) is 29.3 Å². The summed E-state index contributed by atoms with van der Waals surface area (Å²) in [5.74, 6) is -1.32. The number of halogens is 3. The molecule has 0 saturated carbocycles. The van der Waals surface area contributed by atoms with Crippen molar-refractivity contribution < 1.29 is 18.7 Å². The zero-order valence-corrected chi connectivity index (χ0v) is 8.50. The highest BCUT2D eigenvalue weighted by Crippen LogP contribution is 2.27. The summed E-state index contributed by atoms with van der Waals surface area (Å²) in [4.78, 5) is 13.9. The molecule has 1 N–H and O–H groups in total. The highest BCUT2D eigenvalue weighted by molar-refractivity contribution is 6.29. The Hall–Kier alpha value is -1.74. The van der Waals surface area contributed by atoms with Gasteiger partial charge in [-0.2, -0.15) is 5.26 Å². The first-order chi connectivity index (χ1) is 7.45. The van der Waals surface area contributed by atoms with Crippen LogP contribution in [0.4, 0.5) is 8.78 Å². The molecule has 0 spiro atoms. The van der Waals surface area contributed by atoms with E-state index < -0.39 is 24.4 Å². The van der Waals surface area contributed by atoms with Gasteiger partial charge >= 0.3 is 5.97 Å². The molecule has 0 aromatic carbocycles. The monoisotopic (exact) mass is 246 g/mol. The fourth-order valence-corrected chi connectivity index (χ4v) is 1.40. The quantitative estimate of drug-likeness (QED) is 0.830. The van der Waals surface area contributed by atoms with Crippen molar-refractivity contribution in [3.05, 3.63) is 28.0 Å². The zero-order chi connectivity index (χ0) is 12.3. The highest BCUT2D eigenvalue weighted by atomic mass is 35.5. The van der Waals surface area contributed by atoms with Crippen LogP contribution in [0.25, 0.3) is 0 Å². The lowest BCUT2D eigenvalue weighted by atomic mass is 10.1. The largest absolute Gasteiger partial charge is 0.481 e. The molecule has 1 heterocycles. The molecule has 0 aliphatic carbocycles. The van der Waals surface area contributed by atoms with Gasteiger partial charge in [-0.25, -0.2) is 13.8 Å². The Morgan fingerprint density at radius 2 is 2.31 bits per heavy atom. The fourth-order valence-electron chi connectivity index (χ4n) is 1.19. The Labute approximate surface area is 94.1 Å². The van der Waals surface area contributed by atoms with Gasteiger partial charge in [-0.1, -0.05) is 11.6 Å². The van der Waals surface area contributed by atoms with Crippen LogP contribution >= 0.6 is 11.6 Å². The van der Waals surface area contributed by atoms with Crippen LogP contribution < -0.4 is 0 Å². The summed E-state index contributed by atoms with van der Waals surface area (Å²) in [6, 6.07) is 2.51. The van der Waals surface area contributed by atoms with Gasteiger partial charge in [0.1, 0.15) is 5.15 Å². The first-order valence-corrected chi connectivity index (χ1v) is 4.43. The summed E-state index contributed by atoms with van der Waals surface area (Å²) in [5.41, 5.74) is -1.41. The lowest BCUT2D eigenvalue weighted by Crippen LogP contribution is -2.08. The molecule has 0 aliphatic heterocycles. The molecule has 0 aliphatic rings. The number of hydrogen-bond acceptors (Lipinski definition) is 3. The summed E-state index contributed by atoms with van der Waals surface area (Å²) < 4.78 is 25.3. The van der Waals surface area contributed by atoms with E-state index in [1.165, 1.54) is 6.07 Å². The van der Waals surface area contributed by atoms with E-state index >= 15 is 0 Å². The van der Waals surface area contributed by atoms with Gasteiger partial charge in [-0.05, 0) is 6.07 Å². The number of carbonyl (C=O) groups is 1. The Kier molecular flexibility index (Phi) is 3.74. The maximum absolute atomic E-state index is 12.6. The lowest BCUT2D eigenvalue weighted by molar-refractivity contribution is -0.136. The van der Waals surface area contributed by atoms with Crippen LogP contribution in [0.5, 0.6) is 0 Å². The van der Waals surface area contributed by atoms with Crippen LogP contribution in [0.3, 0.4) is 0 Å². The summed E-state index contributed by atoms with van der Waals surface area (Å²) in [5, 5.41) is 17.0. The molecule has 0 unspecified atom stereocenters. The van der Waals surface area contributed by atoms with Gasteiger partial charge in [0.2, 0.25) is 0 Å². The number of aliphatic carboxylic acids is 1. The topological polar surface area (TPSA) is 74.0 Å². The van der Waals surface area contributed by atoms with Crippen molar-refractivity contribution in [1.29, 1.82) is 5.26 Å². The summed E-state index contributed by atoms with van der Waals surface area (Å²) >= 11 is 5.49. The van der Waals surface area contributed by atoms with Crippen molar-refractivity contribution >= 4 is 17.6 Å². The lowest BCUT2D eigenvalue weighted by Gasteiger charge is -2.08. The molecule has 84 valence electrons. The van der Waals surface area contributed by atoms with Crippen LogP contribution in [0.1, 0.15) is 23.2 Å². The standard InChI is InChI=1S/C9H5ClF2N2O2/c10-6-1-4(3-13)8(9(11)12)5(14-6)2-7(15)16/h1,9H,2H2,(H,15,16). The van der Waals surface area contributed by atoms with Gasteiger partial charge in [-0.3, -0.25) is 4.79 Å². The fraction of sp³-hybridized carbons (Fsp3) is 0.222. The molecule has 1 rings (SSSR count). The van der Waals surface area contributed by atoms with Crippen LogP contribution in [0.2, 0.25) is 5.15 Å². The highest BCUT2D eigenvalue weighted by Gasteiger charge is 2.21. The van der Waals surface area contributed by atoms with E-state index in [2.05, 4.69) is 4.98 Å². The number of carboxylic acids is 1. The molecule has 7 heteroatoms. The number of carboxylic acid groups (broad SMARTS) is 1. The molecular weight excluding hydrogens is 242 g/mol. The van der Waals surface area contributed by atoms with Crippen molar-refractivity contribution in [2.45, 2.75) is 12.8 Å². The summed E-state index contributed by atoms with van der Waals surface area (Å²) in [6.07, 6.45) is -3.66. The predicted molar refractivity (Wildman–Crippen MR) is 50.3 cm³/mol. The maximum Gasteiger partial charge on any atom is 0.309 e. The van der Waals surface area contributed by atoms with E-state index in [4.69, 9.17) is 22.0 Å². The van der Waals surface area contributed by atoms with E-state index in [0.717, 1.165) is 6.07 Å². The Morgan fingerprint density at radius 3 is 2.75 bits per heavy atom.